The van der Waals surface area contributed by atoms with Crippen LogP contribution in [-0.4, -0.2) is 34.6 Å². The summed E-state index contributed by atoms with van der Waals surface area (Å²) in [5, 5.41) is 9.52. The Morgan fingerprint density at radius 2 is 1.94 bits per heavy atom. The minimum atomic E-state index is -0.297. The first-order valence-electron chi connectivity index (χ1n) is 7.56. The number of hydrogen-bond acceptors (Lipinski definition) is 2. The van der Waals surface area contributed by atoms with Crippen molar-refractivity contribution < 1.29 is 9.90 Å². The van der Waals surface area contributed by atoms with E-state index in [0.29, 0.717) is 5.91 Å². The van der Waals surface area contributed by atoms with E-state index in [1.54, 1.807) is 0 Å². The van der Waals surface area contributed by atoms with Crippen LogP contribution in [-0.2, 0) is 4.79 Å². The third-order valence-corrected chi connectivity index (χ3v) is 4.64. The van der Waals surface area contributed by atoms with Gasteiger partial charge in [0.15, 0.2) is 0 Å². The summed E-state index contributed by atoms with van der Waals surface area (Å²) in [6.07, 6.45) is 7.16. The van der Waals surface area contributed by atoms with Gasteiger partial charge in [0.2, 0.25) is 5.91 Å². The van der Waals surface area contributed by atoms with E-state index in [9.17, 15) is 9.90 Å². The number of hydrogen-bond donors (Lipinski definition) is 1. The third kappa shape index (κ3) is 3.25. The Labute approximate surface area is 111 Å². The maximum absolute atomic E-state index is 12.5. The second-order valence-corrected chi connectivity index (χ2v) is 6.37. The van der Waals surface area contributed by atoms with Crippen molar-refractivity contribution >= 4 is 5.91 Å². The van der Waals surface area contributed by atoms with Crippen molar-refractivity contribution in [2.45, 2.75) is 70.9 Å². The van der Waals surface area contributed by atoms with Crippen LogP contribution in [0.25, 0.3) is 0 Å². The number of rotatable bonds is 3. The fraction of sp³-hybridized carbons (Fsp3) is 0.933. The molecule has 104 valence electrons. The fourth-order valence-electron chi connectivity index (χ4n) is 3.51. The summed E-state index contributed by atoms with van der Waals surface area (Å²) in [6.45, 7) is 5.01. The van der Waals surface area contributed by atoms with E-state index < -0.39 is 0 Å². The molecule has 0 radical (unpaired) electrons. The quantitative estimate of drug-likeness (QED) is 0.840. The average Bonchev–Trinajstić information content (AvgIpc) is 2.76. The molecule has 2 rings (SSSR count). The zero-order valence-corrected chi connectivity index (χ0v) is 11.8. The molecule has 2 atom stereocenters. The Hall–Kier alpha value is -0.570. The number of carbonyl (C=O) groups excluding carboxylic acids is 1. The fourth-order valence-corrected chi connectivity index (χ4v) is 3.51. The van der Waals surface area contributed by atoms with Crippen molar-refractivity contribution in [3.8, 4) is 0 Å². The lowest BCUT2D eigenvalue weighted by molar-refractivity contribution is -0.138. The summed E-state index contributed by atoms with van der Waals surface area (Å²) in [5.74, 6) is 1.42. The molecule has 1 saturated carbocycles. The van der Waals surface area contributed by atoms with Crippen molar-refractivity contribution in [2.75, 3.05) is 6.54 Å². The molecule has 2 unspecified atom stereocenters. The van der Waals surface area contributed by atoms with E-state index in [1.807, 2.05) is 6.92 Å². The minimum Gasteiger partial charge on any atom is -0.393 e. The van der Waals surface area contributed by atoms with E-state index in [0.717, 1.165) is 44.6 Å². The Morgan fingerprint density at radius 1 is 1.28 bits per heavy atom. The first-order valence-corrected chi connectivity index (χ1v) is 7.56. The predicted molar refractivity (Wildman–Crippen MR) is 72.2 cm³/mol. The van der Waals surface area contributed by atoms with Gasteiger partial charge >= 0.3 is 0 Å². The summed E-state index contributed by atoms with van der Waals surface area (Å²) in [7, 11) is 0. The average molecular weight is 253 g/mol. The van der Waals surface area contributed by atoms with Crippen molar-refractivity contribution in [2.24, 2.45) is 11.8 Å². The Morgan fingerprint density at radius 3 is 2.56 bits per heavy atom. The number of nitrogens with zero attached hydrogens (tertiary/aromatic N) is 1. The summed E-state index contributed by atoms with van der Waals surface area (Å²) in [4.78, 5) is 14.6. The Bertz CT molecular complexity index is 282. The summed E-state index contributed by atoms with van der Waals surface area (Å²) in [5.41, 5.74) is 0. The molecule has 3 nitrogen and oxygen atoms in total. The smallest absolute Gasteiger partial charge is 0.225 e. The number of likely N-dealkylation sites (tertiary alicyclic amines) is 1. The topological polar surface area (TPSA) is 40.5 Å². The molecule has 0 aromatic heterocycles. The van der Waals surface area contributed by atoms with Crippen molar-refractivity contribution in [3.05, 3.63) is 0 Å². The van der Waals surface area contributed by atoms with E-state index in [-0.39, 0.29) is 18.1 Å². The van der Waals surface area contributed by atoms with Gasteiger partial charge in [-0.05, 0) is 57.8 Å². The molecule has 1 N–H and O–H groups in total. The van der Waals surface area contributed by atoms with Crippen molar-refractivity contribution in [3.63, 3.8) is 0 Å². The Kier molecular flexibility index (Phi) is 4.66. The number of aliphatic hydroxyl groups is 1. The van der Waals surface area contributed by atoms with Crippen LogP contribution < -0.4 is 0 Å². The number of amides is 1. The zero-order valence-electron chi connectivity index (χ0n) is 11.8. The standard InChI is InChI=1S/C15H27NO2/c1-11-5-7-13(8-6-11)15(18)16-9-3-4-14(16)10-12(2)17/h11-14,17H,3-10H2,1-2H3. The van der Waals surface area contributed by atoms with Crippen LogP contribution in [0, 0.1) is 11.8 Å². The largest absolute Gasteiger partial charge is 0.393 e. The lowest BCUT2D eigenvalue weighted by Crippen LogP contribution is -2.41. The monoisotopic (exact) mass is 253 g/mol. The molecular weight excluding hydrogens is 226 g/mol. The maximum Gasteiger partial charge on any atom is 0.225 e. The number of carbonyl (C=O) groups is 1. The SMILES string of the molecule is CC(O)CC1CCCN1C(=O)C1CCC(C)CC1. The summed E-state index contributed by atoms with van der Waals surface area (Å²) >= 11 is 0. The predicted octanol–water partition coefficient (Wildman–Crippen LogP) is 2.57. The highest BCUT2D eigenvalue weighted by Crippen LogP contribution is 2.32. The van der Waals surface area contributed by atoms with Gasteiger partial charge in [0.25, 0.3) is 0 Å². The number of aliphatic hydroxyl groups excluding tert-OH is 1. The molecule has 1 aliphatic carbocycles. The molecule has 0 bridgehead atoms. The van der Waals surface area contributed by atoms with Gasteiger partial charge in [-0.25, -0.2) is 0 Å². The van der Waals surface area contributed by atoms with Gasteiger partial charge in [-0.15, -0.1) is 0 Å². The molecule has 1 heterocycles. The molecule has 18 heavy (non-hydrogen) atoms. The molecule has 1 saturated heterocycles. The van der Waals surface area contributed by atoms with E-state index in [1.165, 1.54) is 12.8 Å². The van der Waals surface area contributed by atoms with Gasteiger partial charge in [0.1, 0.15) is 0 Å². The first kappa shape index (κ1) is 13.9. The van der Waals surface area contributed by atoms with Gasteiger partial charge < -0.3 is 10.0 Å². The molecular formula is C15H27NO2. The molecule has 0 aromatic rings. The molecule has 1 amide bonds. The van der Waals surface area contributed by atoms with Gasteiger partial charge in [0.05, 0.1) is 6.10 Å². The molecule has 2 fully saturated rings. The van der Waals surface area contributed by atoms with Gasteiger partial charge in [-0.2, -0.15) is 0 Å². The van der Waals surface area contributed by atoms with Gasteiger partial charge in [-0.3, -0.25) is 4.79 Å². The molecule has 1 aliphatic heterocycles. The van der Waals surface area contributed by atoms with Crippen LogP contribution in [0.3, 0.4) is 0 Å². The van der Waals surface area contributed by atoms with E-state index >= 15 is 0 Å². The van der Waals surface area contributed by atoms with Crippen LogP contribution in [0.15, 0.2) is 0 Å². The minimum absolute atomic E-state index is 0.260. The second kappa shape index (κ2) is 6.05. The molecule has 3 heteroatoms. The van der Waals surface area contributed by atoms with Crippen LogP contribution in [0.2, 0.25) is 0 Å². The third-order valence-electron chi connectivity index (χ3n) is 4.64. The lowest BCUT2D eigenvalue weighted by atomic mass is 9.82. The van der Waals surface area contributed by atoms with E-state index in [2.05, 4.69) is 11.8 Å². The van der Waals surface area contributed by atoms with Crippen molar-refractivity contribution in [1.29, 1.82) is 0 Å². The van der Waals surface area contributed by atoms with E-state index in [4.69, 9.17) is 0 Å². The molecule has 2 aliphatic rings. The summed E-state index contributed by atoms with van der Waals surface area (Å²) < 4.78 is 0. The highest BCUT2D eigenvalue weighted by Gasteiger charge is 2.34. The highest BCUT2D eigenvalue weighted by atomic mass is 16.3. The van der Waals surface area contributed by atoms with Gasteiger partial charge in [0, 0.05) is 18.5 Å². The van der Waals surface area contributed by atoms with Gasteiger partial charge in [-0.1, -0.05) is 6.92 Å². The van der Waals surface area contributed by atoms with Crippen molar-refractivity contribution in [1.82, 2.24) is 4.90 Å². The first-order chi connectivity index (χ1) is 8.58. The zero-order chi connectivity index (χ0) is 13.1. The van der Waals surface area contributed by atoms with Crippen LogP contribution in [0.5, 0.6) is 0 Å². The highest BCUT2D eigenvalue weighted by molar-refractivity contribution is 5.79. The maximum atomic E-state index is 12.5. The van der Waals surface area contributed by atoms with Crippen LogP contribution in [0.4, 0.5) is 0 Å². The van der Waals surface area contributed by atoms with Crippen LogP contribution in [0.1, 0.15) is 58.8 Å². The lowest BCUT2D eigenvalue weighted by Gasteiger charge is -2.32. The Balaban J connectivity index is 1.91. The normalized spacial score (nSPS) is 34.6. The second-order valence-electron chi connectivity index (χ2n) is 6.37. The summed E-state index contributed by atoms with van der Waals surface area (Å²) in [6, 6.07) is 0.289. The molecule has 0 spiro atoms. The van der Waals surface area contributed by atoms with Crippen LogP contribution >= 0.6 is 0 Å². The molecule has 0 aromatic carbocycles.